The van der Waals surface area contributed by atoms with Crippen molar-refractivity contribution in [2.75, 3.05) is 20.3 Å². The molecule has 3 aromatic carbocycles. The van der Waals surface area contributed by atoms with Crippen LogP contribution in [0.25, 0.3) is 22.0 Å². The summed E-state index contributed by atoms with van der Waals surface area (Å²) in [6.07, 6.45) is 0. The van der Waals surface area contributed by atoms with Gasteiger partial charge in [-0.3, -0.25) is 0 Å². The molecule has 0 aliphatic heterocycles. The van der Waals surface area contributed by atoms with E-state index in [0.29, 0.717) is 16.9 Å². The zero-order valence-corrected chi connectivity index (χ0v) is 21.7. The Morgan fingerprint density at radius 2 is 1.91 bits per heavy atom. The van der Waals surface area contributed by atoms with Crippen LogP contribution in [0.2, 0.25) is 0 Å². The summed E-state index contributed by atoms with van der Waals surface area (Å²) in [6, 6.07) is 16.3. The Hall–Kier alpha value is -2.91. The highest BCUT2D eigenvalue weighted by atomic mass is 79.9. The Kier molecular flexibility index (Phi) is 7.53. The van der Waals surface area contributed by atoms with Gasteiger partial charge in [0.15, 0.2) is 0 Å². The fraction of sp³-hybridized carbons (Fsp3) is 0.200. The molecular weight excluding hydrogens is 571 g/mol. The Labute approximate surface area is 212 Å². The summed E-state index contributed by atoms with van der Waals surface area (Å²) < 4.78 is 34.8. The van der Waals surface area contributed by atoms with Crippen LogP contribution in [0, 0.1) is 5.82 Å². The summed E-state index contributed by atoms with van der Waals surface area (Å²) in [7, 11) is 1.30. The molecule has 0 spiro atoms. The second kappa shape index (κ2) is 10.6. The molecule has 0 atom stereocenters. The van der Waals surface area contributed by atoms with Gasteiger partial charge in [0, 0.05) is 10.0 Å². The highest BCUT2D eigenvalue weighted by Gasteiger charge is 2.22. The molecule has 0 amide bonds. The van der Waals surface area contributed by atoms with Crippen molar-refractivity contribution in [2.45, 2.75) is 13.5 Å². The van der Waals surface area contributed by atoms with Gasteiger partial charge in [-0.05, 0) is 64.0 Å². The van der Waals surface area contributed by atoms with E-state index in [1.165, 1.54) is 11.8 Å². The van der Waals surface area contributed by atoms with E-state index in [1.807, 2.05) is 30.3 Å². The van der Waals surface area contributed by atoms with Crippen LogP contribution < -0.4 is 9.47 Å². The van der Waals surface area contributed by atoms with Crippen molar-refractivity contribution in [1.29, 1.82) is 0 Å². The molecule has 0 saturated heterocycles. The van der Waals surface area contributed by atoms with E-state index in [4.69, 9.17) is 14.2 Å². The van der Waals surface area contributed by atoms with Gasteiger partial charge in [0.2, 0.25) is 11.7 Å². The predicted octanol–water partition coefficient (Wildman–Crippen LogP) is 6.63. The molecule has 0 saturated carbocycles. The van der Waals surface area contributed by atoms with Gasteiger partial charge in [-0.15, -0.1) is 0 Å². The van der Waals surface area contributed by atoms with Gasteiger partial charge in [-0.25, -0.2) is 9.48 Å². The molecule has 9 heteroatoms. The van der Waals surface area contributed by atoms with Gasteiger partial charge < -0.3 is 14.2 Å². The van der Waals surface area contributed by atoms with Gasteiger partial charge in [0.25, 0.3) is 0 Å². The summed E-state index contributed by atoms with van der Waals surface area (Å²) in [5.41, 5.74) is 0.847. The number of hydrogen-bond acceptors (Lipinski definition) is 5. The zero-order valence-electron chi connectivity index (χ0n) is 18.5. The van der Waals surface area contributed by atoms with Crippen molar-refractivity contribution in [3.8, 4) is 22.9 Å². The number of halogens is 3. The first kappa shape index (κ1) is 24.2. The lowest BCUT2D eigenvalue weighted by molar-refractivity contribution is 0.0600. The fourth-order valence-electron chi connectivity index (χ4n) is 3.54. The number of benzene rings is 3. The molecule has 0 unspecified atom stereocenters. The molecule has 0 N–H and O–H groups in total. The van der Waals surface area contributed by atoms with Crippen LogP contribution >= 0.6 is 31.9 Å². The number of aromatic nitrogens is 2. The molecule has 6 nitrogen and oxygen atoms in total. The average molecular weight is 592 g/mol. The van der Waals surface area contributed by atoms with Gasteiger partial charge in [-0.1, -0.05) is 40.2 Å². The summed E-state index contributed by atoms with van der Waals surface area (Å²) in [5, 5.41) is 6.50. The number of esters is 1. The molecule has 1 aromatic heterocycles. The third kappa shape index (κ3) is 4.95. The Morgan fingerprint density at radius 3 is 2.68 bits per heavy atom. The van der Waals surface area contributed by atoms with Crippen molar-refractivity contribution < 1.29 is 23.4 Å². The molecule has 0 aliphatic carbocycles. The van der Waals surface area contributed by atoms with Gasteiger partial charge >= 0.3 is 5.97 Å². The SMILES string of the molecule is CCOc1c(F)c(-c2cccc(C(=O)OC)c2)nn1CCOc1ccc2cc(Br)ccc2c1Br. The van der Waals surface area contributed by atoms with Crippen LogP contribution in [0.1, 0.15) is 17.3 Å². The predicted molar refractivity (Wildman–Crippen MR) is 135 cm³/mol. The van der Waals surface area contributed by atoms with E-state index in [2.05, 4.69) is 37.0 Å². The minimum absolute atomic E-state index is 0.0204. The molecule has 0 fully saturated rings. The number of rotatable bonds is 8. The lowest BCUT2D eigenvalue weighted by atomic mass is 10.1. The van der Waals surface area contributed by atoms with Crippen molar-refractivity contribution >= 4 is 48.6 Å². The molecule has 0 bridgehead atoms. The van der Waals surface area contributed by atoms with E-state index >= 15 is 4.39 Å². The summed E-state index contributed by atoms with van der Waals surface area (Å²) in [5.74, 6) is -0.409. The normalized spacial score (nSPS) is 11.0. The second-order valence-electron chi connectivity index (χ2n) is 7.29. The highest BCUT2D eigenvalue weighted by molar-refractivity contribution is 9.11. The second-order valence-corrected chi connectivity index (χ2v) is 9.00. The monoisotopic (exact) mass is 590 g/mol. The maximum Gasteiger partial charge on any atom is 0.337 e. The molecule has 1 heterocycles. The fourth-order valence-corrected chi connectivity index (χ4v) is 4.53. The molecule has 176 valence electrons. The average Bonchev–Trinajstić information content (AvgIpc) is 3.15. The third-order valence-electron chi connectivity index (χ3n) is 5.13. The van der Waals surface area contributed by atoms with Crippen molar-refractivity contribution in [3.63, 3.8) is 0 Å². The molecule has 34 heavy (non-hydrogen) atoms. The zero-order chi connectivity index (χ0) is 24.2. The first-order valence-electron chi connectivity index (χ1n) is 10.5. The lowest BCUT2D eigenvalue weighted by Gasteiger charge is -2.12. The minimum atomic E-state index is -0.596. The van der Waals surface area contributed by atoms with E-state index < -0.39 is 11.8 Å². The van der Waals surface area contributed by atoms with Crippen LogP contribution in [-0.2, 0) is 11.3 Å². The Bertz CT molecular complexity index is 1360. The van der Waals surface area contributed by atoms with E-state index in [9.17, 15) is 4.79 Å². The Morgan fingerprint density at radius 1 is 1.09 bits per heavy atom. The van der Waals surface area contributed by atoms with E-state index in [1.54, 1.807) is 31.2 Å². The van der Waals surface area contributed by atoms with E-state index in [0.717, 1.165) is 19.7 Å². The number of fused-ring (bicyclic) bond motifs is 1. The standard InChI is InChI=1S/C25H21Br2FN2O4/c1-3-33-24-22(28)23(16-5-4-6-17(13-16)25(31)32-2)29-30(24)11-12-34-20-10-7-15-14-18(26)8-9-19(15)21(20)27/h4-10,13-14H,3,11-12H2,1-2H3. The summed E-state index contributed by atoms with van der Waals surface area (Å²) in [4.78, 5) is 11.9. The minimum Gasteiger partial charge on any atom is -0.490 e. The topological polar surface area (TPSA) is 62.6 Å². The van der Waals surface area contributed by atoms with Crippen LogP contribution in [0.4, 0.5) is 4.39 Å². The smallest absolute Gasteiger partial charge is 0.337 e. The van der Waals surface area contributed by atoms with Crippen LogP contribution in [-0.4, -0.2) is 36.1 Å². The number of carbonyl (C=O) groups is 1. The van der Waals surface area contributed by atoms with E-state index in [-0.39, 0.29) is 31.3 Å². The highest BCUT2D eigenvalue weighted by Crippen LogP contribution is 2.35. The largest absolute Gasteiger partial charge is 0.490 e. The third-order valence-corrected chi connectivity index (χ3v) is 6.44. The lowest BCUT2D eigenvalue weighted by Crippen LogP contribution is -2.12. The van der Waals surface area contributed by atoms with Crippen molar-refractivity contribution in [2.24, 2.45) is 0 Å². The van der Waals surface area contributed by atoms with Crippen LogP contribution in [0.15, 0.2) is 63.5 Å². The number of nitrogens with zero attached hydrogens (tertiary/aromatic N) is 2. The number of hydrogen-bond donors (Lipinski definition) is 0. The van der Waals surface area contributed by atoms with Gasteiger partial charge in [0.1, 0.15) is 18.1 Å². The summed E-state index contributed by atoms with van der Waals surface area (Å²) in [6.45, 7) is 2.55. The molecule has 0 radical (unpaired) electrons. The number of methoxy groups -OCH3 is 1. The molecule has 4 aromatic rings. The number of ether oxygens (including phenoxy) is 3. The summed E-state index contributed by atoms with van der Waals surface area (Å²) >= 11 is 7.10. The van der Waals surface area contributed by atoms with Crippen LogP contribution in [0.5, 0.6) is 11.6 Å². The maximum atomic E-state index is 15.2. The molecule has 4 rings (SSSR count). The quantitative estimate of drug-likeness (QED) is 0.215. The van der Waals surface area contributed by atoms with Crippen molar-refractivity contribution in [3.05, 3.63) is 74.9 Å². The number of carbonyl (C=O) groups excluding carboxylic acids is 1. The maximum absolute atomic E-state index is 15.2. The van der Waals surface area contributed by atoms with Crippen molar-refractivity contribution in [1.82, 2.24) is 9.78 Å². The van der Waals surface area contributed by atoms with Gasteiger partial charge in [-0.2, -0.15) is 9.49 Å². The first-order chi connectivity index (χ1) is 16.4. The first-order valence-corrected chi connectivity index (χ1v) is 12.1. The molecule has 0 aliphatic rings. The Balaban J connectivity index is 1.57. The molecular formula is C25H21Br2FN2O4. The van der Waals surface area contributed by atoms with Gasteiger partial charge in [0.05, 0.1) is 30.3 Å². The van der Waals surface area contributed by atoms with Crippen LogP contribution in [0.3, 0.4) is 0 Å².